The fourth-order valence-electron chi connectivity index (χ4n) is 6.15. The van der Waals surface area contributed by atoms with Gasteiger partial charge in [-0.15, -0.1) is 0 Å². The summed E-state index contributed by atoms with van der Waals surface area (Å²) < 4.78 is 0. The van der Waals surface area contributed by atoms with Gasteiger partial charge in [-0.05, 0) is 53.3 Å². The topological polar surface area (TPSA) is 0 Å². The molecule has 0 heteroatoms. The lowest BCUT2D eigenvalue weighted by Crippen LogP contribution is -2.24. The van der Waals surface area contributed by atoms with Gasteiger partial charge < -0.3 is 0 Å². The molecule has 4 fully saturated rings. The standard InChI is InChI=1S/C12H18/c1-6-8-4-7-5-11(2)9(8)10(11)12(6,7)3/h6-10H,4-5H2,1-3H3. The van der Waals surface area contributed by atoms with E-state index in [4.69, 9.17) is 0 Å². The summed E-state index contributed by atoms with van der Waals surface area (Å²) >= 11 is 0. The Morgan fingerprint density at radius 2 is 2.00 bits per heavy atom. The summed E-state index contributed by atoms with van der Waals surface area (Å²) in [6.07, 6.45) is 3.17. The average Bonchev–Trinajstić information content (AvgIpc) is 2.44. The third-order valence-corrected chi connectivity index (χ3v) is 6.60. The Balaban J connectivity index is 1.97. The van der Waals surface area contributed by atoms with Crippen LogP contribution in [0.4, 0.5) is 0 Å². The Morgan fingerprint density at radius 3 is 2.42 bits per heavy atom. The molecular formula is C12H18. The van der Waals surface area contributed by atoms with Crippen LogP contribution in [0, 0.1) is 40.4 Å². The van der Waals surface area contributed by atoms with Gasteiger partial charge in [0, 0.05) is 0 Å². The van der Waals surface area contributed by atoms with Gasteiger partial charge in [0.05, 0.1) is 0 Å². The zero-order valence-corrected chi connectivity index (χ0v) is 8.30. The van der Waals surface area contributed by atoms with Gasteiger partial charge in [-0.1, -0.05) is 20.8 Å². The van der Waals surface area contributed by atoms with E-state index in [9.17, 15) is 0 Å². The Morgan fingerprint density at radius 1 is 1.25 bits per heavy atom. The summed E-state index contributed by atoms with van der Waals surface area (Å²) in [5.41, 5.74) is 1.64. The summed E-state index contributed by atoms with van der Waals surface area (Å²) in [5.74, 6) is 5.65. The summed E-state index contributed by atoms with van der Waals surface area (Å²) in [5, 5.41) is 0. The van der Waals surface area contributed by atoms with Crippen LogP contribution in [0.15, 0.2) is 0 Å². The van der Waals surface area contributed by atoms with Gasteiger partial charge in [0.15, 0.2) is 0 Å². The van der Waals surface area contributed by atoms with Crippen LogP contribution in [0.5, 0.6) is 0 Å². The molecule has 7 unspecified atom stereocenters. The first-order valence-electron chi connectivity index (χ1n) is 5.60. The van der Waals surface area contributed by atoms with E-state index >= 15 is 0 Å². The molecule has 0 N–H and O–H groups in total. The highest BCUT2D eigenvalue weighted by molar-refractivity contribution is 5.33. The van der Waals surface area contributed by atoms with E-state index in [0.29, 0.717) is 0 Å². The molecule has 7 atom stereocenters. The van der Waals surface area contributed by atoms with Crippen molar-refractivity contribution in [3.05, 3.63) is 0 Å². The Bertz CT molecular complexity index is 282. The highest BCUT2D eigenvalue weighted by Crippen LogP contribution is 2.91. The monoisotopic (exact) mass is 162 g/mol. The highest BCUT2D eigenvalue weighted by Gasteiger charge is 2.86. The van der Waals surface area contributed by atoms with E-state index in [1.54, 1.807) is 12.8 Å². The molecule has 0 aromatic heterocycles. The summed E-state index contributed by atoms with van der Waals surface area (Å²) in [6.45, 7) is 7.70. The quantitative estimate of drug-likeness (QED) is 0.514. The first-order valence-corrected chi connectivity index (χ1v) is 5.60. The van der Waals surface area contributed by atoms with Crippen molar-refractivity contribution in [3.63, 3.8) is 0 Å². The number of rotatable bonds is 0. The van der Waals surface area contributed by atoms with Gasteiger partial charge in [0.2, 0.25) is 0 Å². The van der Waals surface area contributed by atoms with Gasteiger partial charge in [0.25, 0.3) is 0 Å². The SMILES string of the molecule is CC1C2CC3CC4(C)C2C4C31C. The molecule has 4 saturated carbocycles. The third-order valence-electron chi connectivity index (χ3n) is 6.60. The second-order valence-corrected chi connectivity index (χ2v) is 6.46. The van der Waals surface area contributed by atoms with Gasteiger partial charge >= 0.3 is 0 Å². The highest BCUT2D eigenvalue weighted by atomic mass is 14.9. The molecule has 0 heterocycles. The van der Waals surface area contributed by atoms with Crippen LogP contribution in [0.25, 0.3) is 0 Å². The summed E-state index contributed by atoms with van der Waals surface area (Å²) in [7, 11) is 0. The van der Waals surface area contributed by atoms with Crippen molar-refractivity contribution < 1.29 is 0 Å². The predicted molar refractivity (Wildman–Crippen MR) is 48.6 cm³/mol. The van der Waals surface area contributed by atoms with Crippen molar-refractivity contribution >= 4 is 0 Å². The van der Waals surface area contributed by atoms with Gasteiger partial charge in [-0.2, -0.15) is 0 Å². The molecule has 4 rings (SSSR count). The van der Waals surface area contributed by atoms with Crippen LogP contribution in [0.1, 0.15) is 33.6 Å². The Labute approximate surface area is 74.7 Å². The van der Waals surface area contributed by atoms with Crippen LogP contribution in [0.3, 0.4) is 0 Å². The number of hydrogen-bond acceptors (Lipinski definition) is 0. The summed E-state index contributed by atoms with van der Waals surface area (Å²) in [4.78, 5) is 0. The fourth-order valence-corrected chi connectivity index (χ4v) is 6.15. The molecule has 66 valence electrons. The normalized spacial score (nSPS) is 81.8. The minimum absolute atomic E-state index is 0.796. The van der Waals surface area contributed by atoms with Crippen LogP contribution in [-0.4, -0.2) is 0 Å². The molecule has 0 aromatic carbocycles. The Kier molecular flexibility index (Phi) is 0.703. The van der Waals surface area contributed by atoms with E-state index in [-0.39, 0.29) is 0 Å². The zero-order chi connectivity index (χ0) is 8.30. The van der Waals surface area contributed by atoms with Crippen LogP contribution >= 0.6 is 0 Å². The smallest absolute Gasteiger partial charge is 0.0232 e. The van der Waals surface area contributed by atoms with Crippen molar-refractivity contribution in [1.82, 2.24) is 0 Å². The molecule has 2 bridgehead atoms. The van der Waals surface area contributed by atoms with E-state index in [2.05, 4.69) is 20.8 Å². The average molecular weight is 162 g/mol. The third kappa shape index (κ3) is 0.337. The molecule has 0 saturated heterocycles. The molecule has 0 aliphatic heterocycles. The van der Waals surface area contributed by atoms with Crippen LogP contribution in [-0.2, 0) is 0 Å². The van der Waals surface area contributed by atoms with Gasteiger partial charge in [0.1, 0.15) is 0 Å². The largest absolute Gasteiger partial charge is 0.0617 e. The molecule has 0 nitrogen and oxygen atoms in total. The van der Waals surface area contributed by atoms with Gasteiger partial charge in [-0.25, -0.2) is 0 Å². The minimum Gasteiger partial charge on any atom is -0.0617 e. The second kappa shape index (κ2) is 1.31. The van der Waals surface area contributed by atoms with Crippen molar-refractivity contribution in [2.75, 3.05) is 0 Å². The zero-order valence-electron chi connectivity index (χ0n) is 8.30. The van der Waals surface area contributed by atoms with Crippen molar-refractivity contribution in [1.29, 1.82) is 0 Å². The molecule has 4 aliphatic rings. The maximum absolute atomic E-state index is 2.60. The summed E-state index contributed by atoms with van der Waals surface area (Å²) in [6, 6.07) is 0. The maximum atomic E-state index is 2.60. The predicted octanol–water partition coefficient (Wildman–Crippen LogP) is 2.93. The van der Waals surface area contributed by atoms with Crippen molar-refractivity contribution in [2.24, 2.45) is 40.4 Å². The molecule has 0 amide bonds. The molecule has 12 heavy (non-hydrogen) atoms. The van der Waals surface area contributed by atoms with Crippen LogP contribution < -0.4 is 0 Å². The molecule has 0 aromatic rings. The molecule has 0 spiro atoms. The first kappa shape index (κ1) is 6.45. The molecular weight excluding hydrogens is 144 g/mol. The van der Waals surface area contributed by atoms with E-state index in [1.807, 2.05) is 0 Å². The Hall–Kier alpha value is 0. The molecule has 4 aliphatic carbocycles. The number of hydrogen-bond donors (Lipinski definition) is 0. The first-order chi connectivity index (χ1) is 5.60. The van der Waals surface area contributed by atoms with E-state index < -0.39 is 0 Å². The lowest BCUT2D eigenvalue weighted by molar-refractivity contribution is 0.182. The second-order valence-electron chi connectivity index (χ2n) is 6.46. The van der Waals surface area contributed by atoms with Crippen LogP contribution in [0.2, 0.25) is 0 Å². The lowest BCUT2D eigenvalue weighted by atomic mass is 9.75. The maximum Gasteiger partial charge on any atom is -0.0232 e. The van der Waals surface area contributed by atoms with Gasteiger partial charge in [-0.3, -0.25) is 0 Å². The van der Waals surface area contributed by atoms with Crippen molar-refractivity contribution in [2.45, 2.75) is 33.6 Å². The lowest BCUT2D eigenvalue weighted by Gasteiger charge is -2.30. The fraction of sp³-hybridized carbons (Fsp3) is 1.00. The van der Waals surface area contributed by atoms with E-state index in [0.717, 1.165) is 34.5 Å². The van der Waals surface area contributed by atoms with E-state index in [1.165, 1.54) is 5.92 Å². The van der Waals surface area contributed by atoms with Crippen molar-refractivity contribution in [3.8, 4) is 0 Å². The minimum atomic E-state index is 0.796. The number of fused-ring (bicyclic) bond motifs is 3. The molecule has 0 radical (unpaired) electrons.